The molecule has 6 heteroatoms. The van der Waals surface area contributed by atoms with Crippen molar-refractivity contribution in [3.63, 3.8) is 0 Å². The highest BCUT2D eigenvalue weighted by atomic mass is 79.9. The summed E-state index contributed by atoms with van der Waals surface area (Å²) in [5, 5.41) is 10.4. The van der Waals surface area contributed by atoms with E-state index < -0.39 is 0 Å². The predicted molar refractivity (Wildman–Crippen MR) is 326 cm³/mol. The van der Waals surface area contributed by atoms with Crippen LogP contribution in [0.4, 0.5) is 0 Å². The van der Waals surface area contributed by atoms with Gasteiger partial charge in [-0.25, -0.2) is 0 Å². The topological polar surface area (TPSA) is 26.9 Å². The van der Waals surface area contributed by atoms with E-state index >= 15 is 0 Å². The second-order valence-electron chi connectivity index (χ2n) is 19.8. The van der Waals surface area contributed by atoms with E-state index in [9.17, 15) is 4.79 Å². The van der Waals surface area contributed by atoms with Gasteiger partial charge in [0.15, 0.2) is 5.78 Å². The molecule has 0 radical (unpaired) electrons. The maximum absolute atomic E-state index is 12.0. The zero-order chi connectivity index (χ0) is 50.8. The van der Waals surface area contributed by atoms with Gasteiger partial charge in [-0.2, -0.15) is 0 Å². The van der Waals surface area contributed by atoms with Gasteiger partial charge in [-0.15, -0.1) is 0 Å². The third-order valence-corrected chi connectivity index (χ3v) is 17.6. The number of nitrogens with zero attached hydrogens (tertiary/aromatic N) is 2. The van der Waals surface area contributed by atoms with E-state index in [0.717, 1.165) is 35.7 Å². The molecule has 17 rings (SSSR count). The van der Waals surface area contributed by atoms with E-state index in [-0.39, 0.29) is 11.2 Å². The van der Waals surface area contributed by atoms with Crippen molar-refractivity contribution >= 4 is 119 Å². The number of ketones is 1. The molecular formula is C70H41Br3N2O. The van der Waals surface area contributed by atoms with Gasteiger partial charge in [0.25, 0.3) is 0 Å². The molecule has 76 heavy (non-hydrogen) atoms. The van der Waals surface area contributed by atoms with Gasteiger partial charge in [-0.3, -0.25) is 4.79 Å². The van der Waals surface area contributed by atoms with E-state index in [1.54, 1.807) is 0 Å². The number of halogens is 3. The van der Waals surface area contributed by atoms with Crippen molar-refractivity contribution in [1.82, 2.24) is 9.13 Å². The van der Waals surface area contributed by atoms with E-state index in [1.165, 1.54) is 110 Å². The second kappa shape index (κ2) is 17.5. The predicted octanol–water partition coefficient (Wildman–Crippen LogP) is 19.7. The number of carbonyl (C=O) groups excluding carboxylic acids is 1. The Balaban J connectivity index is 0.000000111. The Morgan fingerprint density at radius 2 is 0.829 bits per heavy atom. The zero-order valence-electron chi connectivity index (χ0n) is 40.6. The average molecular weight is 1170 g/mol. The smallest absolute Gasteiger partial charge is 0.194 e. The first-order valence-electron chi connectivity index (χ1n) is 25.4. The van der Waals surface area contributed by atoms with Crippen molar-refractivity contribution in [1.29, 1.82) is 0 Å². The number of rotatable bonds is 1. The molecule has 0 bridgehead atoms. The fourth-order valence-electron chi connectivity index (χ4n) is 13.0. The summed E-state index contributed by atoms with van der Waals surface area (Å²) in [7, 11) is 0. The molecule has 0 N–H and O–H groups in total. The van der Waals surface area contributed by atoms with Crippen LogP contribution in [0.3, 0.4) is 0 Å². The molecule has 0 fully saturated rings. The van der Waals surface area contributed by atoms with E-state index in [2.05, 4.69) is 263 Å². The highest BCUT2D eigenvalue weighted by molar-refractivity contribution is 9.11. The quantitative estimate of drug-likeness (QED) is 0.161. The van der Waals surface area contributed by atoms with Crippen LogP contribution in [0.1, 0.15) is 38.2 Å². The first-order valence-corrected chi connectivity index (χ1v) is 27.8. The number of carbonyl (C=O) groups is 1. The summed E-state index contributed by atoms with van der Waals surface area (Å²) in [4.78, 5) is 12.0. The molecule has 12 aromatic carbocycles. The number of fused-ring (bicyclic) bond motifs is 22. The van der Waals surface area contributed by atoms with Crippen LogP contribution in [0.15, 0.2) is 262 Å². The Labute approximate surface area is 463 Å². The molecule has 0 saturated carbocycles. The second-order valence-corrected chi connectivity index (χ2v) is 22.5. The lowest BCUT2D eigenvalue weighted by Gasteiger charge is -2.39. The molecule has 3 heterocycles. The van der Waals surface area contributed by atoms with Crippen LogP contribution in [0.25, 0.3) is 98.8 Å². The molecule has 1 aliphatic heterocycles. The molecule has 1 unspecified atom stereocenters. The molecule has 1 spiro atoms. The van der Waals surface area contributed by atoms with Gasteiger partial charge in [0.1, 0.15) is 0 Å². The number of hydrogen-bond acceptors (Lipinski definition) is 1. The minimum atomic E-state index is -0.383. The summed E-state index contributed by atoms with van der Waals surface area (Å²) in [6.07, 6.45) is 0. The van der Waals surface area contributed by atoms with Gasteiger partial charge in [-0.05, 0) is 143 Å². The molecule has 358 valence electrons. The van der Waals surface area contributed by atoms with E-state index in [0.29, 0.717) is 0 Å². The van der Waals surface area contributed by atoms with Crippen LogP contribution in [0.5, 0.6) is 0 Å². The summed E-state index contributed by atoms with van der Waals surface area (Å²) < 4.78 is 8.02. The lowest BCUT2D eigenvalue weighted by atomic mass is 9.65. The lowest BCUT2D eigenvalue weighted by Crippen LogP contribution is -2.33. The maximum Gasteiger partial charge on any atom is 0.194 e. The Bertz CT molecular complexity index is 4790. The normalized spacial score (nSPS) is 14.3. The maximum atomic E-state index is 12.0. The van der Waals surface area contributed by atoms with Crippen molar-refractivity contribution in [2.45, 2.75) is 5.41 Å². The Morgan fingerprint density at radius 3 is 1.58 bits per heavy atom. The van der Waals surface area contributed by atoms with Crippen molar-refractivity contribution < 1.29 is 4.79 Å². The molecule has 0 amide bonds. The number of benzene rings is 12. The SMILES string of the molecule is Brc1ccc2c(c1)C1(c3ccccc3-2)c2ccccc2-n2c3ccc4ccccc4c3c3cccc1c32.Brc1ccccc1-n1c2ccccc2c2c3ccccc3ccc21.O=C1c2ccccc2-c2ccc(Br)cc21. The fourth-order valence-corrected chi connectivity index (χ4v) is 14.2. The average Bonchev–Trinajstić information content (AvgIpc) is 4.36. The molecule has 14 aromatic rings. The minimum Gasteiger partial charge on any atom is -0.309 e. The summed E-state index contributed by atoms with van der Waals surface area (Å²) in [5.74, 6) is 0.127. The van der Waals surface area contributed by atoms with Crippen LogP contribution in [0, 0.1) is 0 Å². The molecule has 0 saturated heterocycles. The van der Waals surface area contributed by atoms with Crippen molar-refractivity contribution in [2.75, 3.05) is 0 Å². The summed E-state index contributed by atoms with van der Waals surface area (Å²) in [5.41, 5.74) is 18.8. The van der Waals surface area contributed by atoms with Crippen molar-refractivity contribution in [3.8, 4) is 33.6 Å². The Morgan fingerprint density at radius 1 is 0.316 bits per heavy atom. The van der Waals surface area contributed by atoms with Gasteiger partial charge < -0.3 is 9.13 Å². The largest absolute Gasteiger partial charge is 0.309 e. The highest BCUT2D eigenvalue weighted by Gasteiger charge is 2.50. The van der Waals surface area contributed by atoms with Gasteiger partial charge in [0.05, 0.1) is 38.9 Å². The van der Waals surface area contributed by atoms with Crippen LogP contribution in [-0.2, 0) is 5.41 Å². The Hall–Kier alpha value is -8.13. The standard InChI is InChI=1S/C35H20BrN.C22H14BrN.C13H7BrO/c36-22-17-18-25-24-10-3-4-12-27(24)35(30(25)20-22)28-13-5-6-15-31(28)37-32-19-16-21-8-1-2-9-23(21)33(32)26-11-7-14-29(35)34(26)37;23-18-10-4-6-12-20(18)24-19-11-5-3-9-17(19)22-16-8-2-1-7-15(16)13-14-21(22)24;14-8-5-6-10-9-3-1-2-4-11(9)13(15)12(10)7-8/h1-20H;1-14H;1-7H. The summed E-state index contributed by atoms with van der Waals surface area (Å²) >= 11 is 10.9. The van der Waals surface area contributed by atoms with Crippen LogP contribution >= 0.6 is 47.8 Å². The van der Waals surface area contributed by atoms with Crippen LogP contribution < -0.4 is 0 Å². The van der Waals surface area contributed by atoms with Gasteiger partial charge in [0.2, 0.25) is 0 Å². The minimum absolute atomic E-state index is 0.127. The summed E-state index contributed by atoms with van der Waals surface area (Å²) in [6.45, 7) is 0. The molecule has 2 aromatic heterocycles. The third kappa shape index (κ3) is 6.48. The summed E-state index contributed by atoms with van der Waals surface area (Å²) in [6, 6.07) is 88.8. The Kier molecular flexibility index (Phi) is 10.4. The van der Waals surface area contributed by atoms with Crippen LogP contribution in [-0.4, -0.2) is 14.9 Å². The van der Waals surface area contributed by atoms with Crippen molar-refractivity contribution in [3.05, 3.63) is 296 Å². The van der Waals surface area contributed by atoms with E-state index in [4.69, 9.17) is 0 Å². The highest BCUT2D eigenvalue weighted by Crippen LogP contribution is 2.61. The zero-order valence-corrected chi connectivity index (χ0v) is 45.4. The first-order chi connectivity index (χ1) is 37.4. The monoisotopic (exact) mass is 1160 g/mol. The third-order valence-electron chi connectivity index (χ3n) is 16.0. The molecule has 3 nitrogen and oxygen atoms in total. The number of para-hydroxylation sites is 4. The molecular weight excluding hydrogens is 1120 g/mol. The van der Waals surface area contributed by atoms with Crippen LogP contribution in [0.2, 0.25) is 0 Å². The van der Waals surface area contributed by atoms with Crippen molar-refractivity contribution in [2.24, 2.45) is 0 Å². The van der Waals surface area contributed by atoms with Gasteiger partial charge in [-0.1, -0.05) is 220 Å². The number of aromatic nitrogens is 2. The van der Waals surface area contributed by atoms with Gasteiger partial charge in [0, 0.05) is 46.1 Å². The van der Waals surface area contributed by atoms with E-state index in [1.807, 2.05) is 42.5 Å². The number of hydrogen-bond donors (Lipinski definition) is 0. The fraction of sp³-hybridized carbons (Fsp3) is 0.0143. The lowest BCUT2D eigenvalue weighted by molar-refractivity contribution is 0.104. The van der Waals surface area contributed by atoms with Gasteiger partial charge >= 0.3 is 0 Å². The first kappa shape index (κ1) is 45.3. The molecule has 2 aliphatic carbocycles. The molecule has 3 aliphatic rings. The molecule has 1 atom stereocenters.